The summed E-state index contributed by atoms with van der Waals surface area (Å²) in [7, 11) is -1.96. The van der Waals surface area contributed by atoms with Crippen LogP contribution in [0.3, 0.4) is 0 Å². The highest BCUT2D eigenvalue weighted by molar-refractivity contribution is 7.92. The number of nitrogen functional groups attached to an aromatic ring is 1. The molecule has 0 aliphatic rings. The number of rotatable bonds is 5. The van der Waals surface area contributed by atoms with Crippen LogP contribution >= 0.6 is 11.6 Å². The Balaban J connectivity index is 2.76. The second kappa shape index (κ2) is 5.38. The number of methoxy groups -OCH3 is 1. The molecule has 0 unspecified atom stereocenters. The molecule has 0 aromatic heterocycles. The number of halogens is 1. The highest BCUT2D eigenvalue weighted by Gasteiger charge is 2.10. The van der Waals surface area contributed by atoms with Gasteiger partial charge in [0, 0.05) is 7.11 Å². The van der Waals surface area contributed by atoms with Crippen LogP contribution in [0.5, 0.6) is 0 Å². The molecule has 0 bridgehead atoms. The number of nitrogens with one attached hydrogen (secondary N) is 1. The van der Waals surface area contributed by atoms with Gasteiger partial charge in [0.25, 0.3) is 0 Å². The molecule has 0 saturated carbocycles. The summed E-state index contributed by atoms with van der Waals surface area (Å²) in [5, 5.41) is 0.389. The molecule has 0 atom stereocenters. The molecule has 0 aliphatic heterocycles. The summed E-state index contributed by atoms with van der Waals surface area (Å²) in [5.41, 5.74) is 6.26. The van der Waals surface area contributed by atoms with Gasteiger partial charge in [0.05, 0.1) is 28.8 Å². The predicted molar refractivity (Wildman–Crippen MR) is 65.1 cm³/mol. The average Bonchev–Trinajstić information content (AvgIpc) is 2.20. The minimum atomic E-state index is -3.40. The van der Waals surface area contributed by atoms with Gasteiger partial charge in [0.2, 0.25) is 10.0 Å². The van der Waals surface area contributed by atoms with Crippen molar-refractivity contribution in [2.45, 2.75) is 0 Å². The molecule has 0 heterocycles. The molecule has 16 heavy (non-hydrogen) atoms. The van der Waals surface area contributed by atoms with Gasteiger partial charge in [-0.05, 0) is 18.2 Å². The number of hydrogen-bond acceptors (Lipinski definition) is 4. The SMILES string of the molecule is COCCS(=O)(=O)Nc1ccc(Cl)c(N)c1. The lowest BCUT2D eigenvalue weighted by Gasteiger charge is -2.08. The second-order valence-corrected chi connectivity index (χ2v) is 5.40. The van der Waals surface area contributed by atoms with Crippen molar-refractivity contribution in [3.63, 3.8) is 0 Å². The molecule has 0 fully saturated rings. The van der Waals surface area contributed by atoms with Gasteiger partial charge < -0.3 is 10.5 Å². The van der Waals surface area contributed by atoms with Crippen molar-refractivity contribution >= 4 is 33.0 Å². The molecule has 0 radical (unpaired) electrons. The third-order valence-electron chi connectivity index (χ3n) is 1.83. The van der Waals surface area contributed by atoms with Gasteiger partial charge >= 0.3 is 0 Å². The van der Waals surface area contributed by atoms with Crippen molar-refractivity contribution < 1.29 is 13.2 Å². The van der Waals surface area contributed by atoms with Gasteiger partial charge in [-0.3, -0.25) is 4.72 Å². The molecule has 1 rings (SSSR count). The molecule has 1 aromatic carbocycles. The Labute approximate surface area is 99.6 Å². The van der Waals surface area contributed by atoms with Gasteiger partial charge in [-0.15, -0.1) is 0 Å². The van der Waals surface area contributed by atoms with E-state index in [9.17, 15) is 8.42 Å². The fourth-order valence-corrected chi connectivity index (χ4v) is 2.12. The van der Waals surface area contributed by atoms with Crippen molar-refractivity contribution in [1.82, 2.24) is 0 Å². The van der Waals surface area contributed by atoms with Crippen LogP contribution < -0.4 is 10.5 Å². The molecule has 90 valence electrons. The van der Waals surface area contributed by atoms with Crippen molar-refractivity contribution in [3.05, 3.63) is 23.2 Å². The monoisotopic (exact) mass is 264 g/mol. The highest BCUT2D eigenvalue weighted by atomic mass is 35.5. The lowest BCUT2D eigenvalue weighted by molar-refractivity contribution is 0.217. The fraction of sp³-hybridized carbons (Fsp3) is 0.333. The molecule has 1 aromatic rings. The first-order chi connectivity index (χ1) is 7.44. The van der Waals surface area contributed by atoms with Crippen LogP contribution in [0.4, 0.5) is 11.4 Å². The largest absolute Gasteiger partial charge is 0.397 e. The third kappa shape index (κ3) is 3.88. The smallest absolute Gasteiger partial charge is 0.235 e. The minimum absolute atomic E-state index is 0.105. The van der Waals surface area contributed by atoms with E-state index in [1.54, 1.807) is 6.07 Å². The lowest BCUT2D eigenvalue weighted by atomic mass is 10.3. The predicted octanol–water partition coefficient (Wildman–Crippen LogP) is 1.31. The van der Waals surface area contributed by atoms with Crippen molar-refractivity contribution in [1.29, 1.82) is 0 Å². The molecule has 0 aliphatic carbocycles. The summed E-state index contributed by atoms with van der Waals surface area (Å²) in [5.74, 6) is -0.105. The molecule has 0 amide bonds. The van der Waals surface area contributed by atoms with E-state index in [0.717, 1.165) is 0 Å². The van der Waals surface area contributed by atoms with Crippen LogP contribution in [0.15, 0.2) is 18.2 Å². The molecule has 5 nitrogen and oxygen atoms in total. The third-order valence-corrected chi connectivity index (χ3v) is 3.42. The number of ether oxygens (including phenoxy) is 1. The zero-order chi connectivity index (χ0) is 12.2. The van der Waals surface area contributed by atoms with Crippen LogP contribution in [-0.2, 0) is 14.8 Å². The fourth-order valence-electron chi connectivity index (χ4n) is 1.03. The van der Waals surface area contributed by atoms with Crippen LogP contribution in [0, 0.1) is 0 Å². The van der Waals surface area contributed by atoms with E-state index in [4.69, 9.17) is 22.1 Å². The summed E-state index contributed by atoms with van der Waals surface area (Å²) in [6.07, 6.45) is 0. The van der Waals surface area contributed by atoms with Gasteiger partial charge in [0.15, 0.2) is 0 Å². The Morgan fingerprint density at radius 1 is 1.50 bits per heavy atom. The Kier molecular flexibility index (Phi) is 4.40. The van der Waals surface area contributed by atoms with Crippen LogP contribution in [0.1, 0.15) is 0 Å². The number of benzene rings is 1. The minimum Gasteiger partial charge on any atom is -0.397 e. The Bertz CT molecular complexity index is 462. The first-order valence-corrected chi connectivity index (χ1v) is 6.52. The van der Waals surface area contributed by atoms with E-state index in [0.29, 0.717) is 16.4 Å². The van der Waals surface area contributed by atoms with E-state index in [1.165, 1.54) is 19.2 Å². The summed E-state index contributed by atoms with van der Waals surface area (Å²) >= 11 is 5.71. The normalized spacial score (nSPS) is 11.4. The first kappa shape index (κ1) is 13.1. The number of hydrogen-bond donors (Lipinski definition) is 2. The molecule has 3 N–H and O–H groups in total. The summed E-state index contributed by atoms with van der Waals surface area (Å²) in [6.45, 7) is 0.137. The second-order valence-electron chi connectivity index (χ2n) is 3.15. The number of anilines is 2. The summed E-state index contributed by atoms with van der Waals surface area (Å²) in [6, 6.07) is 4.54. The van der Waals surface area contributed by atoms with Crippen LogP contribution in [-0.4, -0.2) is 27.9 Å². The standard InChI is InChI=1S/C9H13ClN2O3S/c1-15-4-5-16(13,14)12-7-2-3-8(10)9(11)6-7/h2-3,6,12H,4-5,11H2,1H3. The maximum absolute atomic E-state index is 11.5. The first-order valence-electron chi connectivity index (χ1n) is 4.49. The lowest BCUT2D eigenvalue weighted by Crippen LogP contribution is -2.19. The van der Waals surface area contributed by atoms with Crippen molar-refractivity contribution in [2.75, 3.05) is 29.9 Å². The van der Waals surface area contributed by atoms with E-state index in [1.807, 2.05) is 0 Å². The van der Waals surface area contributed by atoms with E-state index < -0.39 is 10.0 Å². The van der Waals surface area contributed by atoms with Gasteiger partial charge in [0.1, 0.15) is 0 Å². The van der Waals surface area contributed by atoms with E-state index >= 15 is 0 Å². The van der Waals surface area contributed by atoms with Gasteiger partial charge in [-0.2, -0.15) is 0 Å². The van der Waals surface area contributed by atoms with E-state index in [-0.39, 0.29) is 12.4 Å². The zero-order valence-electron chi connectivity index (χ0n) is 8.73. The maximum Gasteiger partial charge on any atom is 0.235 e. The molecule has 0 saturated heterocycles. The van der Waals surface area contributed by atoms with Crippen molar-refractivity contribution in [3.8, 4) is 0 Å². The zero-order valence-corrected chi connectivity index (χ0v) is 10.3. The summed E-state index contributed by atoms with van der Waals surface area (Å²) in [4.78, 5) is 0. The molecular formula is C9H13ClN2O3S. The average molecular weight is 265 g/mol. The van der Waals surface area contributed by atoms with Gasteiger partial charge in [-0.1, -0.05) is 11.6 Å². The quantitative estimate of drug-likeness (QED) is 0.786. The summed E-state index contributed by atoms with van der Waals surface area (Å²) < 4.78 is 30.0. The van der Waals surface area contributed by atoms with Crippen LogP contribution in [0.25, 0.3) is 0 Å². The number of sulfonamides is 1. The Morgan fingerprint density at radius 2 is 2.19 bits per heavy atom. The maximum atomic E-state index is 11.5. The van der Waals surface area contributed by atoms with E-state index in [2.05, 4.69) is 4.72 Å². The topological polar surface area (TPSA) is 81.4 Å². The van der Waals surface area contributed by atoms with Crippen molar-refractivity contribution in [2.24, 2.45) is 0 Å². The molecule has 0 spiro atoms. The van der Waals surface area contributed by atoms with Crippen LogP contribution in [0.2, 0.25) is 5.02 Å². The molecule has 7 heteroatoms. The Hall–Kier alpha value is -0.980. The van der Waals surface area contributed by atoms with Gasteiger partial charge in [-0.25, -0.2) is 8.42 Å². The Morgan fingerprint density at radius 3 is 2.75 bits per heavy atom. The molecular weight excluding hydrogens is 252 g/mol. The number of nitrogens with two attached hydrogens (primary N) is 1. The highest BCUT2D eigenvalue weighted by Crippen LogP contribution is 2.22.